The minimum Gasteiger partial charge on any atom is -0.396 e. The van der Waals surface area contributed by atoms with E-state index >= 15 is 0 Å². The van der Waals surface area contributed by atoms with Crippen LogP contribution in [0.2, 0.25) is 0 Å². The van der Waals surface area contributed by atoms with Crippen molar-refractivity contribution >= 4 is 64.6 Å². The number of hydrogen-bond donors (Lipinski definition) is 16. The van der Waals surface area contributed by atoms with Gasteiger partial charge in [-0.2, -0.15) is 0 Å². The number of carbonyl (C=O) groups is 11. The maximum absolute atomic E-state index is 14.3. The number of amides is 8. The first-order valence-electron chi connectivity index (χ1n) is 27.2. The molecule has 27 nitrogen and oxygen atoms in total. The standard InChI is InChI=1S/C51H92N12O15/c1-7-8-9-10-11-34(68)23-31(12-17-52)44(71)61-41(28(4)65)40(70)25-33(26-64)46(73)58-38-16-21-56-50(77)42(29(5)66)63-49(76)37(15-20-55)59-47(74)36(14-19-54)60-51(78)43(30(6)67)62-45(72)32(22-27(2)3)24-39(69)35(13-18-53)57-48(38)75/h27-33,35-38,41-43,64-67H,7-26,52-55H2,1-6H3,(H,56,77)(H,57,75)(H,58,73)(H,59,74)(H,60,78)(H,61,71)(H,62,72)(H,63,76)/t28-,29-,30-,31-,32+,33-,35+,36+,37+,38+,41+,42+,43+/m1/s1. The van der Waals surface area contributed by atoms with Crippen LogP contribution in [0.15, 0.2) is 0 Å². The zero-order chi connectivity index (χ0) is 59.2. The smallest absolute Gasteiger partial charge is 0.245 e. The van der Waals surface area contributed by atoms with Gasteiger partial charge in [0.05, 0.1) is 36.9 Å². The summed E-state index contributed by atoms with van der Waals surface area (Å²) in [6, 6.07) is -11.0. The van der Waals surface area contributed by atoms with Crippen molar-refractivity contribution in [2.75, 3.05) is 39.3 Å². The predicted octanol–water partition coefficient (Wildman–Crippen LogP) is -4.83. The van der Waals surface area contributed by atoms with E-state index in [1.54, 1.807) is 13.8 Å². The lowest BCUT2D eigenvalue weighted by Gasteiger charge is -2.28. The van der Waals surface area contributed by atoms with Gasteiger partial charge in [-0.05, 0) is 97.8 Å². The van der Waals surface area contributed by atoms with Gasteiger partial charge < -0.3 is 85.9 Å². The Morgan fingerprint density at radius 1 is 0.628 bits per heavy atom. The molecule has 27 heteroatoms. The second-order valence-electron chi connectivity index (χ2n) is 20.6. The third-order valence-corrected chi connectivity index (χ3v) is 13.2. The molecule has 8 amide bonds. The molecule has 78 heavy (non-hydrogen) atoms. The second kappa shape index (κ2) is 37.3. The number of ketones is 3. The summed E-state index contributed by atoms with van der Waals surface area (Å²) < 4.78 is 0. The molecule has 13 atom stereocenters. The van der Waals surface area contributed by atoms with Crippen LogP contribution < -0.4 is 65.5 Å². The molecule has 0 unspecified atom stereocenters. The maximum Gasteiger partial charge on any atom is 0.245 e. The van der Waals surface area contributed by atoms with Crippen LogP contribution in [0.5, 0.6) is 0 Å². The minimum absolute atomic E-state index is 0.0356. The van der Waals surface area contributed by atoms with Crippen LogP contribution in [-0.4, -0.2) is 185 Å². The molecule has 0 aromatic heterocycles. The van der Waals surface area contributed by atoms with Crippen molar-refractivity contribution in [1.82, 2.24) is 42.5 Å². The second-order valence-corrected chi connectivity index (χ2v) is 20.6. The predicted molar refractivity (Wildman–Crippen MR) is 286 cm³/mol. The summed E-state index contributed by atoms with van der Waals surface area (Å²) in [4.78, 5) is 151. The van der Waals surface area contributed by atoms with E-state index in [1.807, 2.05) is 6.92 Å². The number of unbranched alkanes of at least 4 members (excludes halogenated alkanes) is 3. The lowest BCUT2D eigenvalue weighted by molar-refractivity contribution is -0.138. The van der Waals surface area contributed by atoms with Crippen molar-refractivity contribution in [3.63, 3.8) is 0 Å². The lowest BCUT2D eigenvalue weighted by Crippen LogP contribution is -2.61. The van der Waals surface area contributed by atoms with Gasteiger partial charge in [-0.15, -0.1) is 0 Å². The number of carbonyl (C=O) groups excluding carboxylic acids is 11. The number of hydrogen-bond acceptors (Lipinski definition) is 19. The van der Waals surface area contributed by atoms with E-state index in [4.69, 9.17) is 22.9 Å². The van der Waals surface area contributed by atoms with Gasteiger partial charge in [0.1, 0.15) is 42.0 Å². The minimum atomic E-state index is -1.70. The maximum atomic E-state index is 14.3. The van der Waals surface area contributed by atoms with Crippen molar-refractivity contribution < 1.29 is 73.2 Å². The van der Waals surface area contributed by atoms with Gasteiger partial charge in [0.25, 0.3) is 0 Å². The Morgan fingerprint density at radius 3 is 1.69 bits per heavy atom. The molecule has 1 saturated heterocycles. The van der Waals surface area contributed by atoms with E-state index in [1.165, 1.54) is 20.8 Å². The summed E-state index contributed by atoms with van der Waals surface area (Å²) in [5, 5.41) is 62.2. The van der Waals surface area contributed by atoms with Gasteiger partial charge in [-0.3, -0.25) is 52.7 Å². The molecule has 0 saturated carbocycles. The van der Waals surface area contributed by atoms with Gasteiger partial charge >= 0.3 is 0 Å². The van der Waals surface area contributed by atoms with Gasteiger partial charge in [-0.25, -0.2) is 0 Å². The van der Waals surface area contributed by atoms with Crippen LogP contribution in [0.3, 0.4) is 0 Å². The van der Waals surface area contributed by atoms with E-state index in [2.05, 4.69) is 42.5 Å². The van der Waals surface area contributed by atoms with Crippen LogP contribution in [0.1, 0.15) is 131 Å². The molecule has 0 spiro atoms. The molecular weight excluding hydrogens is 1020 g/mol. The molecule has 0 aromatic carbocycles. The highest BCUT2D eigenvalue weighted by Crippen LogP contribution is 2.20. The van der Waals surface area contributed by atoms with E-state index in [0.717, 1.165) is 19.3 Å². The molecule has 0 aromatic rings. The van der Waals surface area contributed by atoms with Crippen LogP contribution >= 0.6 is 0 Å². The van der Waals surface area contributed by atoms with E-state index in [-0.39, 0.29) is 82.8 Å². The summed E-state index contributed by atoms with van der Waals surface area (Å²) >= 11 is 0. The molecule has 20 N–H and O–H groups in total. The fraction of sp³-hybridized carbons (Fsp3) is 0.784. The van der Waals surface area contributed by atoms with Crippen molar-refractivity contribution in [1.29, 1.82) is 0 Å². The summed E-state index contributed by atoms with van der Waals surface area (Å²) in [5.41, 5.74) is 23.2. The molecule has 1 fully saturated rings. The van der Waals surface area contributed by atoms with Crippen LogP contribution in [0, 0.1) is 23.7 Å². The summed E-state index contributed by atoms with van der Waals surface area (Å²) in [7, 11) is 0. The van der Waals surface area contributed by atoms with Gasteiger partial charge in [0, 0.05) is 44.1 Å². The molecule has 1 rings (SSSR count). The average molecular weight is 1110 g/mol. The van der Waals surface area contributed by atoms with Gasteiger partial charge in [0.15, 0.2) is 11.6 Å². The third-order valence-electron chi connectivity index (χ3n) is 13.2. The first-order valence-corrected chi connectivity index (χ1v) is 27.2. The highest BCUT2D eigenvalue weighted by atomic mass is 16.3. The molecule has 0 bridgehead atoms. The molecule has 446 valence electrons. The van der Waals surface area contributed by atoms with Crippen LogP contribution in [-0.2, 0) is 52.7 Å². The number of aliphatic hydroxyl groups is 4. The Kier molecular flexibility index (Phi) is 33.7. The van der Waals surface area contributed by atoms with Crippen molar-refractivity contribution in [2.45, 2.75) is 192 Å². The number of rotatable bonds is 28. The molecule has 1 heterocycles. The average Bonchev–Trinajstić information content (AvgIpc) is 3.36. The first-order chi connectivity index (χ1) is 36.8. The lowest BCUT2D eigenvalue weighted by atomic mass is 9.88. The molecule has 1 aliphatic rings. The van der Waals surface area contributed by atoms with E-state index in [0.29, 0.717) is 6.42 Å². The largest absolute Gasteiger partial charge is 0.396 e. The fourth-order valence-electron chi connectivity index (χ4n) is 8.74. The molecule has 0 aliphatic carbocycles. The van der Waals surface area contributed by atoms with Gasteiger partial charge in [-0.1, -0.05) is 40.0 Å². The number of aliphatic hydroxyl groups excluding tert-OH is 4. The topological polar surface area (TPSA) is 469 Å². The highest BCUT2D eigenvalue weighted by molar-refractivity contribution is 5.99. The monoisotopic (exact) mass is 1110 g/mol. The quantitative estimate of drug-likeness (QED) is 0.0327. The Hall–Kier alpha value is -5.55. The highest BCUT2D eigenvalue weighted by Gasteiger charge is 2.38. The molecule has 0 radical (unpaired) electrons. The normalized spacial score (nSPS) is 24.1. The Labute approximate surface area is 457 Å². The summed E-state index contributed by atoms with van der Waals surface area (Å²) in [5.74, 6) is -13.4. The van der Waals surface area contributed by atoms with Crippen molar-refractivity contribution in [2.24, 2.45) is 46.6 Å². The van der Waals surface area contributed by atoms with Crippen molar-refractivity contribution in [3.05, 3.63) is 0 Å². The van der Waals surface area contributed by atoms with Crippen LogP contribution in [0.4, 0.5) is 0 Å². The third kappa shape index (κ3) is 25.1. The Balaban J connectivity index is 3.78. The molecule has 1 aliphatic heterocycles. The number of nitrogens with two attached hydrogens (primary N) is 4. The van der Waals surface area contributed by atoms with E-state index in [9.17, 15) is 73.2 Å². The van der Waals surface area contributed by atoms with Gasteiger partial charge in [0.2, 0.25) is 47.3 Å². The van der Waals surface area contributed by atoms with Crippen LogP contribution in [0.25, 0.3) is 0 Å². The zero-order valence-corrected chi connectivity index (χ0v) is 46.3. The summed E-state index contributed by atoms with van der Waals surface area (Å²) in [6.45, 7) is 7.21. The Morgan fingerprint density at radius 2 is 1.17 bits per heavy atom. The fourth-order valence-corrected chi connectivity index (χ4v) is 8.74. The summed E-state index contributed by atoms with van der Waals surface area (Å²) in [6.07, 6.45) is -3.41. The number of nitrogens with one attached hydrogen (secondary N) is 8. The molecular formula is C51H92N12O15. The zero-order valence-electron chi connectivity index (χ0n) is 46.3. The SMILES string of the molecule is CCCCCCC(=O)C[C@@H](CCN)C(=O)N[C@H](C(=O)C[C@H](CO)C(=O)N[C@H]1CCNC(=O)[C@H]([C@@H](C)O)NC(=O)[C@H](CCN)NC(=O)[C@H](CCN)NC(=O)[C@H]([C@@H](C)O)NC(=O)[C@@H](CC(C)C)CC(=O)[C@H](CCN)NC1=O)[C@@H](C)O. The number of Topliss-reactive ketones (excluding diaryl/α,β-unsaturated/α-hetero) is 3. The first kappa shape index (κ1) is 70.5. The Bertz CT molecular complexity index is 1980. The van der Waals surface area contributed by atoms with E-state index < -0.39 is 170 Å². The van der Waals surface area contributed by atoms with Crippen molar-refractivity contribution in [3.8, 4) is 0 Å².